The minimum Gasteiger partial charge on any atom is -0.508 e. The Morgan fingerprint density at radius 1 is 1.41 bits per heavy atom. The van der Waals surface area contributed by atoms with Gasteiger partial charge >= 0.3 is 5.97 Å². The average Bonchev–Trinajstić information content (AvgIpc) is 2.31. The summed E-state index contributed by atoms with van der Waals surface area (Å²) in [6.07, 6.45) is 1.17. The molecule has 0 bridgehead atoms. The number of hydrogen-bond acceptors (Lipinski definition) is 4. The summed E-state index contributed by atoms with van der Waals surface area (Å²) in [4.78, 5) is 11.0. The third-order valence-electron chi connectivity index (χ3n) is 2.35. The van der Waals surface area contributed by atoms with Crippen LogP contribution in [0.15, 0.2) is 24.3 Å². The smallest absolute Gasteiger partial charge is 0.305 e. The zero-order valence-electron chi connectivity index (χ0n) is 10.1. The van der Waals surface area contributed by atoms with Gasteiger partial charge in [0.05, 0.1) is 6.61 Å². The van der Waals surface area contributed by atoms with E-state index in [9.17, 15) is 9.90 Å². The van der Waals surface area contributed by atoms with E-state index in [1.807, 2.05) is 12.1 Å². The second-order valence-electron chi connectivity index (χ2n) is 3.71. The molecule has 0 fully saturated rings. The van der Waals surface area contributed by atoms with Crippen LogP contribution >= 0.6 is 0 Å². The number of aromatic hydroxyl groups is 1. The summed E-state index contributed by atoms with van der Waals surface area (Å²) < 4.78 is 4.82. The maximum Gasteiger partial charge on any atom is 0.305 e. The zero-order valence-corrected chi connectivity index (χ0v) is 10.1. The van der Waals surface area contributed by atoms with E-state index in [-0.39, 0.29) is 5.97 Å². The Labute approximate surface area is 102 Å². The van der Waals surface area contributed by atoms with Crippen molar-refractivity contribution in [3.05, 3.63) is 29.8 Å². The lowest BCUT2D eigenvalue weighted by molar-refractivity contribution is -0.143. The van der Waals surface area contributed by atoms with Gasteiger partial charge < -0.3 is 15.2 Å². The molecular formula is C13H19NO3. The summed E-state index contributed by atoms with van der Waals surface area (Å²) >= 11 is 0. The van der Waals surface area contributed by atoms with E-state index in [1.54, 1.807) is 19.1 Å². The molecule has 0 amide bonds. The Morgan fingerprint density at radius 2 is 2.18 bits per heavy atom. The molecule has 1 aromatic rings. The van der Waals surface area contributed by atoms with Crippen molar-refractivity contribution in [2.45, 2.75) is 26.3 Å². The Balaban J connectivity index is 2.13. The molecule has 0 saturated heterocycles. The largest absolute Gasteiger partial charge is 0.508 e. The number of esters is 1. The molecule has 0 atom stereocenters. The Morgan fingerprint density at radius 3 is 2.88 bits per heavy atom. The first-order valence-corrected chi connectivity index (χ1v) is 5.87. The number of rotatable bonds is 7. The molecule has 1 rings (SSSR count). The maximum atomic E-state index is 11.0. The van der Waals surface area contributed by atoms with Gasteiger partial charge in [0.25, 0.3) is 0 Å². The molecule has 94 valence electrons. The van der Waals surface area contributed by atoms with Gasteiger partial charge in [-0.15, -0.1) is 0 Å². The van der Waals surface area contributed by atoms with Gasteiger partial charge in [-0.1, -0.05) is 18.2 Å². The number of phenolic OH excluding ortho intramolecular Hbond substituents is 1. The van der Waals surface area contributed by atoms with E-state index in [0.29, 0.717) is 25.3 Å². The third kappa shape index (κ3) is 5.36. The Kier molecular flexibility index (Phi) is 6.10. The van der Waals surface area contributed by atoms with E-state index in [0.717, 1.165) is 18.5 Å². The van der Waals surface area contributed by atoms with Crippen LogP contribution in [0, 0.1) is 0 Å². The highest BCUT2D eigenvalue weighted by Crippen LogP contribution is 2.14. The van der Waals surface area contributed by atoms with Crippen LogP contribution in [0.25, 0.3) is 0 Å². The molecule has 1 aromatic carbocycles. The topological polar surface area (TPSA) is 58.6 Å². The van der Waals surface area contributed by atoms with Crippen LogP contribution < -0.4 is 5.32 Å². The zero-order chi connectivity index (χ0) is 12.5. The molecule has 0 aliphatic carbocycles. The van der Waals surface area contributed by atoms with Crippen molar-refractivity contribution in [1.82, 2.24) is 5.32 Å². The molecule has 4 heteroatoms. The predicted molar refractivity (Wildman–Crippen MR) is 65.7 cm³/mol. The van der Waals surface area contributed by atoms with Crippen molar-refractivity contribution in [2.24, 2.45) is 0 Å². The number of phenols is 1. The minimum atomic E-state index is -0.156. The Hall–Kier alpha value is -1.55. The summed E-state index contributed by atoms with van der Waals surface area (Å²) in [5.74, 6) is 0.141. The third-order valence-corrected chi connectivity index (χ3v) is 2.35. The summed E-state index contributed by atoms with van der Waals surface area (Å²) in [5.41, 5.74) is 0.864. The normalized spacial score (nSPS) is 10.2. The van der Waals surface area contributed by atoms with Crippen LogP contribution in [0.4, 0.5) is 0 Å². The first-order chi connectivity index (χ1) is 8.24. The lowest BCUT2D eigenvalue weighted by atomic mass is 10.2. The molecule has 0 unspecified atom stereocenters. The van der Waals surface area contributed by atoms with Gasteiger partial charge in [0.2, 0.25) is 0 Å². The second-order valence-corrected chi connectivity index (χ2v) is 3.71. The quantitative estimate of drug-likeness (QED) is 0.561. The summed E-state index contributed by atoms with van der Waals surface area (Å²) in [6, 6.07) is 7.21. The van der Waals surface area contributed by atoms with Crippen LogP contribution in [0.3, 0.4) is 0 Å². The van der Waals surface area contributed by atoms with Crippen LogP contribution in [0.5, 0.6) is 5.75 Å². The molecule has 2 N–H and O–H groups in total. The highest BCUT2D eigenvalue weighted by atomic mass is 16.5. The molecular weight excluding hydrogens is 218 g/mol. The molecule has 0 spiro atoms. The minimum absolute atomic E-state index is 0.156. The van der Waals surface area contributed by atoms with E-state index in [4.69, 9.17) is 4.74 Å². The number of hydrogen-bond donors (Lipinski definition) is 2. The van der Waals surface area contributed by atoms with Gasteiger partial charge in [-0.25, -0.2) is 0 Å². The maximum absolute atomic E-state index is 11.0. The van der Waals surface area contributed by atoms with Crippen LogP contribution in [0.1, 0.15) is 25.3 Å². The van der Waals surface area contributed by atoms with Crippen molar-refractivity contribution in [3.8, 4) is 5.75 Å². The molecule has 4 nitrogen and oxygen atoms in total. The molecule has 0 aliphatic heterocycles. The first-order valence-electron chi connectivity index (χ1n) is 5.87. The number of benzene rings is 1. The van der Waals surface area contributed by atoms with Crippen molar-refractivity contribution in [3.63, 3.8) is 0 Å². The molecule has 17 heavy (non-hydrogen) atoms. The molecule has 0 aromatic heterocycles. The summed E-state index contributed by atoms with van der Waals surface area (Å²) in [6.45, 7) is 3.57. The van der Waals surface area contributed by atoms with Crippen molar-refractivity contribution >= 4 is 5.97 Å². The Bertz CT molecular complexity index is 352. The van der Waals surface area contributed by atoms with Gasteiger partial charge in [-0.3, -0.25) is 4.79 Å². The highest BCUT2D eigenvalue weighted by molar-refractivity contribution is 5.69. The molecule has 0 radical (unpaired) electrons. The predicted octanol–water partition coefficient (Wildman–Crippen LogP) is 1.83. The van der Waals surface area contributed by atoms with Gasteiger partial charge in [0, 0.05) is 18.5 Å². The fraction of sp³-hybridized carbons (Fsp3) is 0.462. The number of carbonyl (C=O) groups excluding carboxylic acids is 1. The second kappa shape index (κ2) is 7.68. The van der Waals surface area contributed by atoms with Crippen LogP contribution in [0.2, 0.25) is 0 Å². The van der Waals surface area contributed by atoms with Crippen molar-refractivity contribution in [1.29, 1.82) is 0 Å². The molecule has 0 saturated carbocycles. The van der Waals surface area contributed by atoms with E-state index in [2.05, 4.69) is 5.32 Å². The van der Waals surface area contributed by atoms with Gasteiger partial charge in [0.15, 0.2) is 0 Å². The average molecular weight is 237 g/mol. The van der Waals surface area contributed by atoms with E-state index >= 15 is 0 Å². The van der Waals surface area contributed by atoms with E-state index < -0.39 is 0 Å². The monoisotopic (exact) mass is 237 g/mol. The van der Waals surface area contributed by atoms with Crippen LogP contribution in [-0.4, -0.2) is 24.2 Å². The van der Waals surface area contributed by atoms with E-state index in [1.165, 1.54) is 0 Å². The molecule has 0 heterocycles. The van der Waals surface area contributed by atoms with Crippen molar-refractivity contribution in [2.75, 3.05) is 13.2 Å². The fourth-order valence-corrected chi connectivity index (χ4v) is 1.47. The highest BCUT2D eigenvalue weighted by Gasteiger charge is 2.01. The molecule has 0 aliphatic rings. The SMILES string of the molecule is CCOC(=O)CCCNCc1ccccc1O. The summed E-state index contributed by atoms with van der Waals surface area (Å²) in [7, 11) is 0. The first kappa shape index (κ1) is 13.5. The van der Waals surface area contributed by atoms with Gasteiger partial charge in [-0.05, 0) is 26.0 Å². The van der Waals surface area contributed by atoms with Gasteiger partial charge in [0.1, 0.15) is 5.75 Å². The standard InChI is InChI=1S/C13H19NO3/c1-2-17-13(16)8-5-9-14-10-11-6-3-4-7-12(11)15/h3-4,6-7,14-15H,2,5,8-10H2,1H3. The van der Waals surface area contributed by atoms with Gasteiger partial charge in [-0.2, -0.15) is 0 Å². The summed E-state index contributed by atoms with van der Waals surface area (Å²) in [5, 5.41) is 12.7. The van der Waals surface area contributed by atoms with Crippen LogP contribution in [-0.2, 0) is 16.1 Å². The number of carbonyl (C=O) groups is 1. The lowest BCUT2D eigenvalue weighted by Gasteiger charge is -2.06. The number of para-hydroxylation sites is 1. The fourth-order valence-electron chi connectivity index (χ4n) is 1.47. The number of nitrogens with one attached hydrogen (secondary N) is 1. The number of ether oxygens (including phenoxy) is 1. The lowest BCUT2D eigenvalue weighted by Crippen LogP contribution is -2.16. The van der Waals surface area contributed by atoms with Crippen molar-refractivity contribution < 1.29 is 14.6 Å².